The van der Waals surface area contributed by atoms with Gasteiger partial charge in [-0.05, 0) is 73.5 Å². The maximum Gasteiger partial charge on any atom is 0.314 e. The quantitative estimate of drug-likeness (QED) is 0.226. The minimum absolute atomic E-state index is 0.0101. The summed E-state index contributed by atoms with van der Waals surface area (Å²) in [6.07, 6.45) is 5.07. The molecule has 0 aromatic heterocycles. The Balaban J connectivity index is 1.54. The molecule has 3 aliphatic rings. The number of aliphatic hydroxyl groups excluding tert-OH is 2. The number of ketones is 2. The molecule has 1 fully saturated rings. The fourth-order valence-electron chi connectivity index (χ4n) is 5.64. The number of Topliss-reactive ketones (excluding diaryl/α,β-unsaturated/α-hetero) is 2. The lowest BCUT2D eigenvalue weighted by Gasteiger charge is -2.42. The Labute approximate surface area is 252 Å². The SMILES string of the molecule is Cc1ccc(NC2=CC=C(O)C3C(=O)C4C(Nc5ccc(C)cc5S(=O)(=O)ON)=CC=C(O)C4C(=O)C23)c(S(=O)(=O)ON)c1. The average molecular weight is 645 g/mol. The smallest absolute Gasteiger partial charge is 0.314 e. The number of carbonyl (C=O) groups excluding carboxylic acids is 2. The van der Waals surface area contributed by atoms with Crippen molar-refractivity contribution >= 4 is 43.2 Å². The third-order valence-corrected chi connectivity index (χ3v) is 9.95. The molecule has 2 aromatic rings. The second-order valence-electron chi connectivity index (χ2n) is 10.5. The molecule has 0 heterocycles. The first-order valence-corrected chi connectivity index (χ1v) is 15.8. The van der Waals surface area contributed by atoms with Crippen molar-refractivity contribution < 1.29 is 45.2 Å². The summed E-state index contributed by atoms with van der Waals surface area (Å²) in [7, 11) is -8.81. The van der Waals surface area contributed by atoms with Crippen LogP contribution in [0.4, 0.5) is 11.4 Å². The Hall–Kier alpha value is -4.32. The van der Waals surface area contributed by atoms with Crippen molar-refractivity contribution in [3.05, 3.63) is 94.7 Å². The van der Waals surface area contributed by atoms with Gasteiger partial charge < -0.3 is 20.8 Å². The van der Waals surface area contributed by atoms with Crippen molar-refractivity contribution in [2.45, 2.75) is 23.6 Å². The van der Waals surface area contributed by atoms with Crippen LogP contribution in [0.25, 0.3) is 0 Å². The summed E-state index contributed by atoms with van der Waals surface area (Å²) >= 11 is 0. The maximum absolute atomic E-state index is 14.1. The van der Waals surface area contributed by atoms with E-state index in [-0.39, 0.29) is 32.6 Å². The third kappa shape index (κ3) is 5.31. The van der Waals surface area contributed by atoms with Gasteiger partial charge in [0.25, 0.3) is 0 Å². The van der Waals surface area contributed by atoms with Crippen LogP contribution >= 0.6 is 0 Å². The monoisotopic (exact) mass is 644 g/mol. The lowest BCUT2D eigenvalue weighted by Crippen LogP contribution is -2.52. The Bertz CT molecular complexity index is 1790. The van der Waals surface area contributed by atoms with Crippen LogP contribution in [0.3, 0.4) is 0 Å². The van der Waals surface area contributed by atoms with Gasteiger partial charge in [-0.2, -0.15) is 37.2 Å². The molecule has 3 aliphatic carbocycles. The number of hydrogen-bond acceptors (Lipinski definition) is 14. The van der Waals surface area contributed by atoms with Crippen LogP contribution in [-0.4, -0.2) is 38.6 Å². The standard InChI is InChI=1S/C28H28N4O10S2/c1-13-3-5-15(21(11-13)43(37,38)41-29)31-17-7-9-19(33)25-23(17)27(35)26-20(34)10-8-18(24(26)28(25)36)32-16-6-4-14(2)12-22(16)44(39,40)42-30/h3-12,23-26,31-34H,29-30H2,1-2H3. The van der Waals surface area contributed by atoms with E-state index in [4.69, 9.17) is 11.8 Å². The number of carbonyl (C=O) groups is 2. The number of anilines is 2. The van der Waals surface area contributed by atoms with Gasteiger partial charge in [0.15, 0.2) is 11.6 Å². The van der Waals surface area contributed by atoms with E-state index >= 15 is 0 Å². The number of fused-ring (bicyclic) bond motifs is 2. The third-order valence-electron chi connectivity index (χ3n) is 7.69. The van der Waals surface area contributed by atoms with Crippen molar-refractivity contribution in [2.24, 2.45) is 35.5 Å². The molecule has 0 amide bonds. The van der Waals surface area contributed by atoms with E-state index in [1.807, 2.05) is 0 Å². The summed E-state index contributed by atoms with van der Waals surface area (Å²) in [5, 5.41) is 27.4. The van der Waals surface area contributed by atoms with Crippen molar-refractivity contribution in [1.29, 1.82) is 0 Å². The van der Waals surface area contributed by atoms with Gasteiger partial charge in [0.2, 0.25) is 0 Å². The van der Waals surface area contributed by atoms with E-state index < -0.39 is 67.0 Å². The first kappa shape index (κ1) is 31.1. The summed E-state index contributed by atoms with van der Waals surface area (Å²) in [4.78, 5) is 27.5. The van der Waals surface area contributed by atoms with Crippen molar-refractivity contribution in [2.75, 3.05) is 10.6 Å². The van der Waals surface area contributed by atoms with E-state index in [1.54, 1.807) is 26.0 Å². The highest BCUT2D eigenvalue weighted by Crippen LogP contribution is 2.48. The zero-order valence-corrected chi connectivity index (χ0v) is 24.8. The van der Waals surface area contributed by atoms with E-state index in [0.717, 1.165) is 0 Å². The van der Waals surface area contributed by atoms with Crippen molar-refractivity contribution in [3.8, 4) is 0 Å². The molecule has 16 heteroatoms. The van der Waals surface area contributed by atoms with Crippen LogP contribution in [0.2, 0.25) is 0 Å². The van der Waals surface area contributed by atoms with Gasteiger partial charge in [0.1, 0.15) is 21.3 Å². The van der Waals surface area contributed by atoms with Crippen LogP contribution < -0.4 is 22.4 Å². The molecule has 14 nitrogen and oxygen atoms in total. The zero-order valence-electron chi connectivity index (χ0n) is 23.2. The molecule has 0 aliphatic heterocycles. The number of hydrogen-bond donors (Lipinski definition) is 6. The Kier molecular flexibility index (Phi) is 8.00. The second kappa shape index (κ2) is 11.3. The first-order valence-electron chi connectivity index (χ1n) is 13.0. The highest BCUT2D eigenvalue weighted by molar-refractivity contribution is 7.87. The van der Waals surface area contributed by atoms with Crippen LogP contribution in [0, 0.1) is 37.5 Å². The summed E-state index contributed by atoms with van der Waals surface area (Å²) in [5.41, 5.74) is 1.26. The highest BCUT2D eigenvalue weighted by atomic mass is 32.2. The van der Waals surface area contributed by atoms with E-state index in [1.165, 1.54) is 48.6 Å². The number of rotatable bonds is 8. The Morgan fingerprint density at radius 2 is 1.00 bits per heavy atom. The topological polar surface area (TPSA) is 237 Å². The van der Waals surface area contributed by atoms with Crippen LogP contribution in [-0.2, 0) is 38.4 Å². The van der Waals surface area contributed by atoms with Gasteiger partial charge >= 0.3 is 20.2 Å². The number of benzene rings is 2. The fraction of sp³-hybridized carbons (Fsp3) is 0.214. The van der Waals surface area contributed by atoms with E-state index in [2.05, 4.69) is 19.2 Å². The van der Waals surface area contributed by atoms with Gasteiger partial charge in [-0.25, -0.2) is 0 Å². The van der Waals surface area contributed by atoms with Crippen molar-refractivity contribution in [3.63, 3.8) is 0 Å². The summed E-state index contributed by atoms with van der Waals surface area (Å²) in [6, 6.07) is 8.65. The minimum atomic E-state index is -4.40. The lowest BCUT2D eigenvalue weighted by atomic mass is 9.61. The molecule has 0 radical (unpaired) electrons. The van der Waals surface area contributed by atoms with Crippen molar-refractivity contribution in [1.82, 2.24) is 0 Å². The maximum atomic E-state index is 14.1. The van der Waals surface area contributed by atoms with Gasteiger partial charge in [0, 0.05) is 11.4 Å². The lowest BCUT2D eigenvalue weighted by molar-refractivity contribution is -0.143. The number of aliphatic hydroxyl groups is 2. The first-order chi connectivity index (χ1) is 20.7. The Morgan fingerprint density at radius 1 is 0.636 bits per heavy atom. The molecule has 2 aromatic carbocycles. The molecule has 232 valence electrons. The molecular formula is C28H28N4O10S2. The molecule has 44 heavy (non-hydrogen) atoms. The molecule has 8 N–H and O–H groups in total. The van der Waals surface area contributed by atoms with Gasteiger partial charge in [-0.1, -0.05) is 12.1 Å². The largest absolute Gasteiger partial charge is 0.512 e. The number of allylic oxidation sites excluding steroid dienone is 8. The summed E-state index contributed by atoms with van der Waals surface area (Å²) in [6.45, 7) is 3.30. The zero-order chi connectivity index (χ0) is 32.1. The van der Waals surface area contributed by atoms with Crippen LogP contribution in [0.1, 0.15) is 11.1 Å². The average Bonchev–Trinajstić information content (AvgIpc) is 2.99. The molecule has 1 saturated carbocycles. The molecular weight excluding hydrogens is 616 g/mol. The summed E-state index contributed by atoms with van der Waals surface area (Å²) in [5.74, 6) is 2.29. The second-order valence-corrected chi connectivity index (χ2v) is 13.6. The van der Waals surface area contributed by atoms with Crippen LogP contribution in [0.5, 0.6) is 0 Å². The van der Waals surface area contributed by atoms with E-state index in [0.29, 0.717) is 11.1 Å². The van der Waals surface area contributed by atoms with E-state index in [9.17, 15) is 36.6 Å². The minimum Gasteiger partial charge on any atom is -0.512 e. The number of nitrogens with two attached hydrogens (primary N) is 2. The number of nitrogens with one attached hydrogen (secondary N) is 2. The Morgan fingerprint density at radius 3 is 1.34 bits per heavy atom. The normalized spacial score (nSPS) is 23.5. The molecule has 4 unspecified atom stereocenters. The fourth-order valence-corrected chi connectivity index (χ4v) is 7.29. The highest BCUT2D eigenvalue weighted by Gasteiger charge is 2.56. The molecule has 0 spiro atoms. The molecule has 0 bridgehead atoms. The molecule has 4 atom stereocenters. The molecule has 5 rings (SSSR count). The van der Waals surface area contributed by atoms with Gasteiger partial charge in [-0.3, -0.25) is 9.59 Å². The predicted molar refractivity (Wildman–Crippen MR) is 156 cm³/mol. The predicted octanol–water partition coefficient (Wildman–Crippen LogP) is 2.28. The van der Waals surface area contributed by atoms with Gasteiger partial charge in [-0.15, -0.1) is 0 Å². The molecule has 0 saturated heterocycles. The number of aryl methyl sites for hydroxylation is 2. The van der Waals surface area contributed by atoms with Gasteiger partial charge in [0.05, 0.1) is 35.0 Å². The van der Waals surface area contributed by atoms with Crippen LogP contribution in [0.15, 0.2) is 93.4 Å². The summed E-state index contributed by atoms with van der Waals surface area (Å²) < 4.78 is 58.5.